The minimum atomic E-state index is -0.302. The highest BCUT2D eigenvalue weighted by Gasteiger charge is 2.17. The van der Waals surface area contributed by atoms with Gasteiger partial charge in [0.1, 0.15) is 11.5 Å². The average molecular weight is 322 g/mol. The predicted molar refractivity (Wildman–Crippen MR) is 79.7 cm³/mol. The molecule has 1 atom stereocenters. The molecule has 0 fully saturated rings. The van der Waals surface area contributed by atoms with E-state index in [4.69, 9.17) is 15.2 Å². The molecule has 2 N–H and O–H groups in total. The highest BCUT2D eigenvalue weighted by Crippen LogP contribution is 2.34. The Morgan fingerprint density at radius 2 is 1.58 bits per heavy atom. The highest BCUT2D eigenvalue weighted by atomic mass is 79.9. The molecule has 3 nitrogen and oxygen atoms in total. The fourth-order valence-electron chi connectivity index (χ4n) is 2.04. The van der Waals surface area contributed by atoms with Gasteiger partial charge in [-0.25, -0.2) is 0 Å². The van der Waals surface area contributed by atoms with E-state index in [1.165, 1.54) is 0 Å². The lowest BCUT2D eigenvalue weighted by atomic mass is 9.98. The van der Waals surface area contributed by atoms with Gasteiger partial charge in [-0.1, -0.05) is 34.1 Å². The van der Waals surface area contributed by atoms with Gasteiger partial charge in [-0.2, -0.15) is 0 Å². The van der Waals surface area contributed by atoms with Gasteiger partial charge in [-0.15, -0.1) is 0 Å². The molecule has 2 aromatic carbocycles. The number of hydrogen-bond acceptors (Lipinski definition) is 3. The van der Waals surface area contributed by atoms with Crippen molar-refractivity contribution >= 4 is 15.9 Å². The lowest BCUT2D eigenvalue weighted by molar-refractivity contribution is 0.400. The van der Waals surface area contributed by atoms with E-state index in [1.807, 2.05) is 42.5 Å². The molecule has 19 heavy (non-hydrogen) atoms. The minimum Gasteiger partial charge on any atom is -0.496 e. The molecular weight excluding hydrogens is 306 g/mol. The number of ether oxygens (including phenoxy) is 2. The van der Waals surface area contributed by atoms with Crippen LogP contribution in [0.3, 0.4) is 0 Å². The third-order valence-corrected chi connectivity index (χ3v) is 3.49. The van der Waals surface area contributed by atoms with E-state index >= 15 is 0 Å². The van der Waals surface area contributed by atoms with Gasteiger partial charge in [0.15, 0.2) is 0 Å². The molecule has 0 aliphatic carbocycles. The van der Waals surface area contributed by atoms with Gasteiger partial charge < -0.3 is 15.2 Å². The van der Waals surface area contributed by atoms with Gasteiger partial charge >= 0.3 is 0 Å². The Bertz CT molecular complexity index is 572. The van der Waals surface area contributed by atoms with Crippen molar-refractivity contribution in [1.29, 1.82) is 0 Å². The van der Waals surface area contributed by atoms with Gasteiger partial charge in [0.25, 0.3) is 0 Å². The number of benzene rings is 2. The monoisotopic (exact) mass is 321 g/mol. The SMILES string of the molecule is COc1ccccc1C(N)c1cc(Br)ccc1OC. The Morgan fingerprint density at radius 3 is 2.26 bits per heavy atom. The quantitative estimate of drug-likeness (QED) is 0.937. The highest BCUT2D eigenvalue weighted by molar-refractivity contribution is 9.10. The van der Waals surface area contributed by atoms with Crippen LogP contribution in [0.4, 0.5) is 0 Å². The molecule has 0 saturated carbocycles. The van der Waals surface area contributed by atoms with Gasteiger partial charge in [0, 0.05) is 15.6 Å². The maximum atomic E-state index is 6.36. The van der Waals surface area contributed by atoms with E-state index in [2.05, 4.69) is 15.9 Å². The van der Waals surface area contributed by atoms with E-state index in [0.29, 0.717) is 0 Å². The first-order valence-corrected chi connectivity index (χ1v) is 6.68. The molecule has 0 saturated heterocycles. The van der Waals surface area contributed by atoms with Crippen molar-refractivity contribution in [3.63, 3.8) is 0 Å². The first-order valence-electron chi connectivity index (χ1n) is 5.89. The molecule has 1 unspecified atom stereocenters. The Kier molecular flexibility index (Phi) is 4.45. The van der Waals surface area contributed by atoms with Crippen LogP contribution in [0.2, 0.25) is 0 Å². The second-order valence-electron chi connectivity index (χ2n) is 4.11. The van der Waals surface area contributed by atoms with Crippen LogP contribution in [0.1, 0.15) is 17.2 Å². The topological polar surface area (TPSA) is 44.5 Å². The van der Waals surface area contributed by atoms with Crippen molar-refractivity contribution < 1.29 is 9.47 Å². The maximum absolute atomic E-state index is 6.36. The van der Waals surface area contributed by atoms with Gasteiger partial charge in [0.2, 0.25) is 0 Å². The summed E-state index contributed by atoms with van der Waals surface area (Å²) in [6, 6.07) is 13.2. The Balaban J connectivity index is 2.49. The van der Waals surface area contributed by atoms with Crippen molar-refractivity contribution in [2.45, 2.75) is 6.04 Å². The van der Waals surface area contributed by atoms with Crippen LogP contribution in [-0.2, 0) is 0 Å². The molecule has 0 bridgehead atoms. The second-order valence-corrected chi connectivity index (χ2v) is 5.02. The second kappa shape index (κ2) is 6.08. The van der Waals surface area contributed by atoms with Crippen molar-refractivity contribution in [1.82, 2.24) is 0 Å². The molecular formula is C15H16BrNO2. The number of rotatable bonds is 4. The maximum Gasteiger partial charge on any atom is 0.124 e. The summed E-state index contributed by atoms with van der Waals surface area (Å²) in [5, 5.41) is 0. The number of methoxy groups -OCH3 is 2. The zero-order valence-electron chi connectivity index (χ0n) is 10.9. The fraction of sp³-hybridized carbons (Fsp3) is 0.200. The standard InChI is InChI=1S/C15H16BrNO2/c1-18-13-6-4-3-5-11(13)15(17)12-9-10(16)7-8-14(12)19-2/h3-9,15H,17H2,1-2H3. The molecule has 2 aromatic rings. The van der Waals surface area contributed by atoms with Gasteiger partial charge in [-0.3, -0.25) is 0 Å². The Morgan fingerprint density at radius 1 is 0.947 bits per heavy atom. The Hall–Kier alpha value is -1.52. The van der Waals surface area contributed by atoms with Crippen LogP contribution in [0.15, 0.2) is 46.9 Å². The summed E-state index contributed by atoms with van der Waals surface area (Å²) in [5.74, 6) is 1.54. The number of para-hydroxylation sites is 1. The molecule has 0 aliphatic heterocycles. The van der Waals surface area contributed by atoms with E-state index in [-0.39, 0.29) is 6.04 Å². The summed E-state index contributed by atoms with van der Waals surface area (Å²) in [6.45, 7) is 0. The predicted octanol–water partition coefficient (Wildman–Crippen LogP) is 3.51. The molecule has 2 rings (SSSR count). The zero-order chi connectivity index (χ0) is 13.8. The Labute approximate surface area is 121 Å². The molecule has 0 aliphatic rings. The fourth-order valence-corrected chi connectivity index (χ4v) is 2.42. The summed E-state index contributed by atoms with van der Waals surface area (Å²) in [7, 11) is 3.28. The number of nitrogens with two attached hydrogens (primary N) is 1. The van der Waals surface area contributed by atoms with Crippen LogP contribution in [0.25, 0.3) is 0 Å². The van der Waals surface area contributed by atoms with Crippen LogP contribution in [0.5, 0.6) is 11.5 Å². The molecule has 0 amide bonds. The summed E-state index contributed by atoms with van der Waals surface area (Å²) >= 11 is 3.46. The largest absolute Gasteiger partial charge is 0.496 e. The summed E-state index contributed by atoms with van der Waals surface area (Å²) in [4.78, 5) is 0. The van der Waals surface area contributed by atoms with Crippen LogP contribution in [0, 0.1) is 0 Å². The van der Waals surface area contributed by atoms with E-state index in [1.54, 1.807) is 14.2 Å². The van der Waals surface area contributed by atoms with Crippen LogP contribution >= 0.6 is 15.9 Å². The van der Waals surface area contributed by atoms with Gasteiger partial charge in [-0.05, 0) is 24.3 Å². The van der Waals surface area contributed by atoms with Crippen molar-refractivity contribution in [3.05, 3.63) is 58.1 Å². The van der Waals surface area contributed by atoms with E-state index < -0.39 is 0 Å². The summed E-state index contributed by atoms with van der Waals surface area (Å²) in [6.07, 6.45) is 0. The zero-order valence-corrected chi connectivity index (χ0v) is 12.5. The third-order valence-electron chi connectivity index (χ3n) is 3.00. The van der Waals surface area contributed by atoms with E-state index in [0.717, 1.165) is 27.1 Å². The number of halogens is 1. The first kappa shape index (κ1) is 13.9. The normalized spacial score (nSPS) is 12.0. The smallest absolute Gasteiger partial charge is 0.124 e. The summed E-state index contributed by atoms with van der Waals surface area (Å²) in [5.41, 5.74) is 8.21. The molecule has 0 heterocycles. The first-order chi connectivity index (χ1) is 9.17. The lowest BCUT2D eigenvalue weighted by Gasteiger charge is -2.18. The van der Waals surface area contributed by atoms with Crippen molar-refractivity contribution in [3.8, 4) is 11.5 Å². The molecule has 0 spiro atoms. The minimum absolute atomic E-state index is 0.302. The van der Waals surface area contributed by atoms with Crippen molar-refractivity contribution in [2.24, 2.45) is 5.73 Å². The van der Waals surface area contributed by atoms with Crippen LogP contribution < -0.4 is 15.2 Å². The summed E-state index contributed by atoms with van der Waals surface area (Å²) < 4.78 is 11.7. The third kappa shape index (κ3) is 2.91. The molecule has 0 aromatic heterocycles. The lowest BCUT2D eigenvalue weighted by Crippen LogP contribution is -2.14. The molecule has 0 radical (unpaired) electrons. The van der Waals surface area contributed by atoms with Crippen molar-refractivity contribution in [2.75, 3.05) is 14.2 Å². The molecule has 4 heteroatoms. The van der Waals surface area contributed by atoms with Gasteiger partial charge in [0.05, 0.1) is 20.3 Å². The average Bonchev–Trinajstić information content (AvgIpc) is 2.46. The number of hydrogen-bond donors (Lipinski definition) is 1. The van der Waals surface area contributed by atoms with E-state index in [9.17, 15) is 0 Å². The van der Waals surface area contributed by atoms with Crippen LogP contribution in [-0.4, -0.2) is 14.2 Å². The molecule has 100 valence electrons.